The van der Waals surface area contributed by atoms with Crippen LogP contribution in [0.2, 0.25) is 0 Å². The summed E-state index contributed by atoms with van der Waals surface area (Å²) in [5, 5.41) is 0. The molecule has 106 valence electrons. The maximum absolute atomic E-state index is 6.05. The Balaban J connectivity index is 2.26. The van der Waals surface area contributed by atoms with E-state index in [0.29, 0.717) is 5.75 Å². The van der Waals surface area contributed by atoms with E-state index in [2.05, 4.69) is 6.92 Å². The van der Waals surface area contributed by atoms with Crippen LogP contribution in [-0.4, -0.2) is 7.11 Å². The van der Waals surface area contributed by atoms with E-state index in [1.165, 1.54) is 0 Å². The monoisotopic (exact) mass is 271 g/mol. The van der Waals surface area contributed by atoms with Gasteiger partial charge in [-0.2, -0.15) is 0 Å². The van der Waals surface area contributed by atoms with Gasteiger partial charge in [-0.3, -0.25) is 0 Å². The van der Waals surface area contributed by atoms with Gasteiger partial charge in [0.25, 0.3) is 0 Å². The predicted molar refractivity (Wildman–Crippen MR) is 81.5 cm³/mol. The summed E-state index contributed by atoms with van der Waals surface area (Å²) < 4.78 is 11.3. The molecule has 20 heavy (non-hydrogen) atoms. The molecule has 0 saturated carbocycles. The van der Waals surface area contributed by atoms with Crippen LogP contribution in [0, 0.1) is 6.92 Å². The molecular formula is C17H21NO2. The zero-order chi connectivity index (χ0) is 14.5. The molecule has 3 heteroatoms. The Morgan fingerprint density at radius 3 is 2.60 bits per heavy atom. The zero-order valence-electron chi connectivity index (χ0n) is 12.2. The molecule has 2 aromatic rings. The van der Waals surface area contributed by atoms with Crippen LogP contribution < -0.4 is 15.2 Å². The van der Waals surface area contributed by atoms with E-state index in [9.17, 15) is 0 Å². The summed E-state index contributed by atoms with van der Waals surface area (Å²) in [6.45, 7) is 4.09. The third kappa shape index (κ3) is 3.31. The summed E-state index contributed by atoms with van der Waals surface area (Å²) in [5.41, 5.74) is 8.27. The summed E-state index contributed by atoms with van der Waals surface area (Å²) >= 11 is 0. The second-order valence-electron chi connectivity index (χ2n) is 4.84. The molecule has 0 spiro atoms. The molecule has 0 aliphatic carbocycles. The van der Waals surface area contributed by atoms with Gasteiger partial charge in [-0.1, -0.05) is 25.1 Å². The van der Waals surface area contributed by atoms with Crippen molar-refractivity contribution in [3.05, 3.63) is 53.6 Å². The molecule has 3 nitrogen and oxygen atoms in total. The van der Waals surface area contributed by atoms with E-state index in [4.69, 9.17) is 15.2 Å². The number of hydrogen-bond acceptors (Lipinski definition) is 3. The Labute approximate surface area is 120 Å². The highest BCUT2D eigenvalue weighted by atomic mass is 16.5. The number of rotatable bonds is 5. The second kappa shape index (κ2) is 6.44. The molecule has 0 aliphatic heterocycles. The second-order valence-corrected chi connectivity index (χ2v) is 4.84. The maximum atomic E-state index is 6.05. The van der Waals surface area contributed by atoms with Crippen LogP contribution in [0.15, 0.2) is 42.5 Å². The standard InChI is InChI=1S/C17H21NO2/c1-4-15(18)13-6-5-7-14(11-13)20-16-9-8-12(2)10-17(16)19-3/h5-11,15H,4,18H2,1-3H3. The van der Waals surface area contributed by atoms with Gasteiger partial charge >= 0.3 is 0 Å². The first-order valence-corrected chi connectivity index (χ1v) is 6.82. The molecule has 1 unspecified atom stereocenters. The van der Waals surface area contributed by atoms with Gasteiger partial charge in [0.15, 0.2) is 11.5 Å². The Morgan fingerprint density at radius 2 is 1.90 bits per heavy atom. The van der Waals surface area contributed by atoms with Crippen LogP contribution in [0.3, 0.4) is 0 Å². The molecule has 1 atom stereocenters. The van der Waals surface area contributed by atoms with Gasteiger partial charge in [0.1, 0.15) is 5.75 Å². The number of hydrogen-bond donors (Lipinski definition) is 1. The Bertz CT molecular complexity index is 581. The molecule has 0 saturated heterocycles. The van der Waals surface area contributed by atoms with Gasteiger partial charge in [-0.05, 0) is 48.7 Å². The molecule has 0 radical (unpaired) electrons. The van der Waals surface area contributed by atoms with Gasteiger partial charge in [-0.25, -0.2) is 0 Å². The van der Waals surface area contributed by atoms with Crippen LogP contribution in [-0.2, 0) is 0 Å². The maximum Gasteiger partial charge on any atom is 0.169 e. The number of nitrogens with two attached hydrogens (primary N) is 1. The van der Waals surface area contributed by atoms with Crippen molar-refractivity contribution in [1.29, 1.82) is 0 Å². The molecule has 0 aromatic heterocycles. The third-order valence-corrected chi connectivity index (χ3v) is 3.27. The summed E-state index contributed by atoms with van der Waals surface area (Å²) in [7, 11) is 1.64. The van der Waals surface area contributed by atoms with Gasteiger partial charge in [-0.15, -0.1) is 0 Å². The van der Waals surface area contributed by atoms with Crippen LogP contribution in [0.1, 0.15) is 30.5 Å². The Hall–Kier alpha value is -2.00. The summed E-state index contributed by atoms with van der Waals surface area (Å²) in [6.07, 6.45) is 0.900. The first-order valence-electron chi connectivity index (χ1n) is 6.82. The lowest BCUT2D eigenvalue weighted by atomic mass is 10.1. The van der Waals surface area contributed by atoms with Crippen molar-refractivity contribution in [2.75, 3.05) is 7.11 Å². The molecule has 0 bridgehead atoms. The highest BCUT2D eigenvalue weighted by Crippen LogP contribution is 2.33. The van der Waals surface area contributed by atoms with Crippen LogP contribution in [0.25, 0.3) is 0 Å². The van der Waals surface area contributed by atoms with Crippen molar-refractivity contribution in [2.45, 2.75) is 26.3 Å². The minimum Gasteiger partial charge on any atom is -0.493 e. The zero-order valence-corrected chi connectivity index (χ0v) is 12.2. The number of benzene rings is 2. The lowest BCUT2D eigenvalue weighted by Crippen LogP contribution is -2.08. The van der Waals surface area contributed by atoms with Gasteiger partial charge in [0.05, 0.1) is 7.11 Å². The molecule has 0 heterocycles. The Morgan fingerprint density at radius 1 is 1.10 bits per heavy atom. The van der Waals surface area contributed by atoms with Gasteiger partial charge in [0.2, 0.25) is 0 Å². The third-order valence-electron chi connectivity index (χ3n) is 3.27. The number of methoxy groups -OCH3 is 1. The molecule has 0 aliphatic rings. The van der Waals surface area contributed by atoms with Crippen molar-refractivity contribution >= 4 is 0 Å². The molecule has 0 fully saturated rings. The molecule has 2 N–H and O–H groups in total. The molecule has 2 aromatic carbocycles. The fourth-order valence-corrected chi connectivity index (χ4v) is 2.03. The van der Waals surface area contributed by atoms with Gasteiger partial charge in [0, 0.05) is 6.04 Å². The first-order chi connectivity index (χ1) is 9.63. The summed E-state index contributed by atoms with van der Waals surface area (Å²) in [5.74, 6) is 2.21. The van der Waals surface area contributed by atoms with Crippen molar-refractivity contribution in [3.8, 4) is 17.2 Å². The lowest BCUT2D eigenvalue weighted by Gasteiger charge is -2.13. The van der Waals surface area contributed by atoms with Crippen molar-refractivity contribution < 1.29 is 9.47 Å². The van der Waals surface area contributed by atoms with E-state index in [0.717, 1.165) is 29.0 Å². The fraction of sp³-hybridized carbons (Fsp3) is 0.294. The van der Waals surface area contributed by atoms with Crippen LogP contribution in [0.5, 0.6) is 17.2 Å². The topological polar surface area (TPSA) is 44.5 Å². The normalized spacial score (nSPS) is 12.0. The molecular weight excluding hydrogens is 250 g/mol. The Kier molecular flexibility index (Phi) is 4.64. The average Bonchev–Trinajstić information content (AvgIpc) is 2.48. The molecule has 0 amide bonds. The minimum atomic E-state index is 0.0402. The van der Waals surface area contributed by atoms with Gasteiger partial charge < -0.3 is 15.2 Å². The fourth-order valence-electron chi connectivity index (χ4n) is 2.03. The SMILES string of the molecule is CCC(N)c1cccc(Oc2ccc(C)cc2OC)c1. The average molecular weight is 271 g/mol. The quantitative estimate of drug-likeness (QED) is 0.886. The highest BCUT2D eigenvalue weighted by molar-refractivity contribution is 5.45. The first kappa shape index (κ1) is 14.4. The van der Waals surface area contributed by atoms with E-state index in [-0.39, 0.29) is 6.04 Å². The van der Waals surface area contributed by atoms with Crippen LogP contribution >= 0.6 is 0 Å². The lowest BCUT2D eigenvalue weighted by molar-refractivity contribution is 0.378. The van der Waals surface area contributed by atoms with Crippen molar-refractivity contribution in [2.24, 2.45) is 5.73 Å². The van der Waals surface area contributed by atoms with Crippen LogP contribution in [0.4, 0.5) is 0 Å². The van der Waals surface area contributed by atoms with E-state index < -0.39 is 0 Å². The van der Waals surface area contributed by atoms with E-state index in [1.54, 1.807) is 7.11 Å². The number of ether oxygens (including phenoxy) is 2. The summed E-state index contributed by atoms with van der Waals surface area (Å²) in [6, 6.07) is 13.8. The smallest absolute Gasteiger partial charge is 0.169 e. The highest BCUT2D eigenvalue weighted by Gasteiger charge is 2.08. The van der Waals surface area contributed by atoms with Crippen molar-refractivity contribution in [1.82, 2.24) is 0 Å². The number of aryl methyl sites for hydroxylation is 1. The molecule has 2 rings (SSSR count). The summed E-state index contributed by atoms with van der Waals surface area (Å²) in [4.78, 5) is 0. The van der Waals surface area contributed by atoms with Crippen molar-refractivity contribution in [3.63, 3.8) is 0 Å². The predicted octanol–water partition coefficient (Wildman–Crippen LogP) is 4.21. The van der Waals surface area contributed by atoms with E-state index in [1.807, 2.05) is 49.4 Å². The van der Waals surface area contributed by atoms with E-state index >= 15 is 0 Å². The largest absolute Gasteiger partial charge is 0.493 e. The minimum absolute atomic E-state index is 0.0402.